The maximum Gasteiger partial charge on any atom is 0.132 e. The van der Waals surface area contributed by atoms with Crippen molar-refractivity contribution in [2.45, 2.75) is 10.8 Å². The van der Waals surface area contributed by atoms with E-state index < -0.39 is 10.8 Å². The second-order valence-corrected chi connectivity index (χ2v) is 5.82. The number of hydrogen-bond acceptors (Lipinski definition) is 0. The molecule has 0 aromatic heterocycles. The minimum Gasteiger partial charge on any atom is -0.102 e. The molecular formula is C8H2Cl8. The predicted octanol–water partition coefficient (Wildman–Crippen LogP) is 5.98. The van der Waals surface area contributed by atoms with Crippen molar-refractivity contribution in [2.75, 3.05) is 0 Å². The molecule has 0 N–H and O–H groups in total. The normalized spacial score (nSPS) is 13.2. The van der Waals surface area contributed by atoms with Crippen molar-refractivity contribution in [3.05, 3.63) is 19.0 Å². The van der Waals surface area contributed by atoms with Gasteiger partial charge in [-0.05, 0) is 0 Å². The summed E-state index contributed by atoms with van der Waals surface area (Å²) < 4.78 is -0.335. The number of alkyl halides is 2. The monoisotopic (exact) mass is 378 g/mol. The second-order valence-electron chi connectivity index (χ2n) is 2.23. The fourth-order valence-corrected chi connectivity index (χ4v) is 1.58. The van der Waals surface area contributed by atoms with Gasteiger partial charge < -0.3 is 0 Å². The summed E-state index contributed by atoms with van der Waals surface area (Å²) in [7, 11) is 0. The molecule has 0 heterocycles. The van der Waals surface area contributed by atoms with E-state index in [9.17, 15) is 0 Å². The Morgan fingerprint density at radius 3 is 1.06 bits per heavy atom. The maximum atomic E-state index is 5.74. The lowest BCUT2D eigenvalue weighted by atomic mass is 10.3. The van der Waals surface area contributed by atoms with Crippen LogP contribution in [-0.4, -0.2) is 10.8 Å². The Kier molecular flexibility index (Phi) is 9.18. The molecule has 0 aliphatic carbocycles. The Balaban J connectivity index is 4.78. The molecule has 0 saturated carbocycles. The lowest BCUT2D eigenvalue weighted by Gasteiger charge is -2.01. The largest absolute Gasteiger partial charge is 0.132 e. The molecule has 2 unspecified atom stereocenters. The van der Waals surface area contributed by atoms with E-state index in [0.717, 1.165) is 0 Å². The average molecular weight is 382 g/mol. The molecule has 0 aliphatic rings. The summed E-state index contributed by atoms with van der Waals surface area (Å²) >= 11 is 44.3. The van der Waals surface area contributed by atoms with Gasteiger partial charge in [-0.1, -0.05) is 81.4 Å². The highest BCUT2D eigenvalue weighted by molar-refractivity contribution is 6.61. The van der Waals surface area contributed by atoms with E-state index in [4.69, 9.17) is 92.8 Å². The fraction of sp³-hybridized carbons (Fsp3) is 0.250. The third-order valence-corrected chi connectivity index (χ3v) is 4.04. The van der Waals surface area contributed by atoms with Crippen LogP contribution in [0, 0.1) is 11.8 Å². The molecule has 0 nitrogen and oxygen atoms in total. The zero-order valence-corrected chi connectivity index (χ0v) is 13.2. The van der Waals surface area contributed by atoms with E-state index in [2.05, 4.69) is 11.8 Å². The lowest BCUT2D eigenvalue weighted by molar-refractivity contribution is 1.38. The van der Waals surface area contributed by atoms with E-state index in [1.54, 1.807) is 0 Å². The molecule has 0 fully saturated rings. The quantitative estimate of drug-likeness (QED) is 0.408. The van der Waals surface area contributed by atoms with Gasteiger partial charge in [0.2, 0.25) is 0 Å². The van der Waals surface area contributed by atoms with Crippen LogP contribution in [0.4, 0.5) is 0 Å². The summed E-state index contributed by atoms with van der Waals surface area (Å²) in [6, 6.07) is 0. The Morgan fingerprint density at radius 1 is 0.625 bits per heavy atom. The molecule has 0 radical (unpaired) electrons. The zero-order chi connectivity index (χ0) is 12.9. The van der Waals surface area contributed by atoms with Crippen LogP contribution in [0.2, 0.25) is 0 Å². The summed E-state index contributed by atoms with van der Waals surface area (Å²) in [6.07, 6.45) is 0. The van der Waals surface area contributed by atoms with Gasteiger partial charge in [0.15, 0.2) is 0 Å². The molecule has 0 amide bonds. The molecule has 2 atom stereocenters. The van der Waals surface area contributed by atoms with Crippen LogP contribution in [0.5, 0.6) is 0 Å². The zero-order valence-electron chi connectivity index (χ0n) is 7.18. The second kappa shape index (κ2) is 8.46. The highest BCUT2D eigenvalue weighted by Gasteiger charge is 2.12. The van der Waals surface area contributed by atoms with Crippen LogP contribution >= 0.6 is 92.8 Å². The van der Waals surface area contributed by atoms with Gasteiger partial charge in [0.1, 0.15) is 19.7 Å². The third kappa shape index (κ3) is 6.34. The molecule has 90 valence electrons. The van der Waals surface area contributed by atoms with Crippen molar-refractivity contribution >= 4 is 92.8 Å². The Morgan fingerprint density at radius 2 is 0.875 bits per heavy atom. The minimum absolute atomic E-state index is 0.00145. The van der Waals surface area contributed by atoms with Crippen molar-refractivity contribution in [3.8, 4) is 11.8 Å². The topological polar surface area (TPSA) is 0 Å². The molecule has 0 aromatic carbocycles. The van der Waals surface area contributed by atoms with Crippen LogP contribution in [0.25, 0.3) is 0 Å². The van der Waals surface area contributed by atoms with Crippen LogP contribution in [0.1, 0.15) is 0 Å². The van der Waals surface area contributed by atoms with Gasteiger partial charge in [-0.2, -0.15) is 0 Å². The summed E-state index contributed by atoms with van der Waals surface area (Å²) in [6.45, 7) is 0. The number of halogens is 8. The van der Waals surface area contributed by atoms with Gasteiger partial charge in [-0.25, -0.2) is 0 Å². The van der Waals surface area contributed by atoms with Gasteiger partial charge >= 0.3 is 0 Å². The summed E-state index contributed by atoms with van der Waals surface area (Å²) in [5.74, 6) is 4.98. The molecular weight excluding hydrogens is 380 g/mol. The third-order valence-electron chi connectivity index (χ3n) is 1.14. The maximum absolute atomic E-state index is 5.74. The molecule has 0 saturated heterocycles. The number of allylic oxidation sites excluding steroid dienone is 2. The molecule has 16 heavy (non-hydrogen) atoms. The predicted molar refractivity (Wildman–Crippen MR) is 76.2 cm³/mol. The van der Waals surface area contributed by atoms with Crippen molar-refractivity contribution in [1.29, 1.82) is 0 Å². The van der Waals surface area contributed by atoms with E-state index in [1.807, 2.05) is 0 Å². The SMILES string of the molecule is ClC(Cl)=C(Cl)C(Cl)C#CC(Cl)C(Cl)=C(Cl)Cl. The van der Waals surface area contributed by atoms with Crippen molar-refractivity contribution in [3.63, 3.8) is 0 Å². The Hall–Kier alpha value is 1.36. The Bertz CT molecular complexity index is 329. The molecule has 0 spiro atoms. The minimum atomic E-state index is -0.883. The van der Waals surface area contributed by atoms with Gasteiger partial charge in [-0.15, -0.1) is 23.2 Å². The lowest BCUT2D eigenvalue weighted by Crippen LogP contribution is -1.99. The summed E-state index contributed by atoms with van der Waals surface area (Å²) in [5.41, 5.74) is 0. The van der Waals surface area contributed by atoms with Gasteiger partial charge in [0.25, 0.3) is 0 Å². The smallest absolute Gasteiger partial charge is 0.102 e. The standard InChI is InChI=1S/C8H2Cl8/c9-3(5(11)7(13)14)1-2-4(10)6(12)8(15)16/h3-4H. The first-order valence-electron chi connectivity index (χ1n) is 3.48. The summed E-state index contributed by atoms with van der Waals surface area (Å²) in [5, 5.41) is -1.77. The van der Waals surface area contributed by atoms with E-state index >= 15 is 0 Å². The van der Waals surface area contributed by atoms with Crippen LogP contribution < -0.4 is 0 Å². The highest BCUT2D eigenvalue weighted by atomic mass is 35.5. The first kappa shape index (κ1) is 17.4. The van der Waals surface area contributed by atoms with Crippen LogP contribution in [-0.2, 0) is 0 Å². The number of rotatable bonds is 2. The van der Waals surface area contributed by atoms with E-state index in [1.165, 1.54) is 0 Å². The number of hydrogen-bond donors (Lipinski definition) is 0. The van der Waals surface area contributed by atoms with E-state index in [0.29, 0.717) is 0 Å². The van der Waals surface area contributed by atoms with Crippen molar-refractivity contribution < 1.29 is 0 Å². The van der Waals surface area contributed by atoms with Crippen LogP contribution in [0.3, 0.4) is 0 Å². The molecule has 0 aliphatic heterocycles. The van der Waals surface area contributed by atoms with Gasteiger partial charge in [0.05, 0.1) is 10.1 Å². The highest BCUT2D eigenvalue weighted by Crippen LogP contribution is 2.26. The molecule has 0 rings (SSSR count). The fourth-order valence-electron chi connectivity index (χ4n) is 0.465. The first-order chi connectivity index (χ1) is 7.27. The molecule has 0 bridgehead atoms. The average Bonchev–Trinajstić information content (AvgIpc) is 2.22. The van der Waals surface area contributed by atoms with Gasteiger partial charge in [0, 0.05) is 0 Å². The Labute approximate surface area is 133 Å². The van der Waals surface area contributed by atoms with Crippen molar-refractivity contribution in [1.82, 2.24) is 0 Å². The molecule has 8 heteroatoms. The summed E-state index contributed by atoms with van der Waals surface area (Å²) in [4.78, 5) is 0. The molecule has 0 aromatic rings. The van der Waals surface area contributed by atoms with Gasteiger partial charge in [-0.3, -0.25) is 0 Å². The van der Waals surface area contributed by atoms with E-state index in [-0.39, 0.29) is 19.0 Å². The van der Waals surface area contributed by atoms with Crippen molar-refractivity contribution in [2.24, 2.45) is 0 Å². The first-order valence-corrected chi connectivity index (χ1v) is 6.62. The van der Waals surface area contributed by atoms with Crippen LogP contribution in [0.15, 0.2) is 19.0 Å².